The summed E-state index contributed by atoms with van der Waals surface area (Å²) in [5, 5.41) is 10.2. The molecule has 0 aromatic rings. The molecule has 0 saturated heterocycles. The van der Waals surface area contributed by atoms with Gasteiger partial charge in [0.05, 0.1) is 40.0 Å². The number of unbranched alkanes of at least 4 members (excludes halogenated alkanes) is 12. The SMILES string of the molecule is CCCCCCCCCCCCCCCC(OP(=O)(OCCC)OCC[N+](C)(C)C)C(C)O. The van der Waals surface area contributed by atoms with Gasteiger partial charge < -0.3 is 9.59 Å². The summed E-state index contributed by atoms with van der Waals surface area (Å²) in [6, 6.07) is 0. The quantitative estimate of drug-likeness (QED) is 0.0855. The smallest absolute Gasteiger partial charge is 0.391 e. The van der Waals surface area contributed by atoms with Crippen LogP contribution in [0.1, 0.15) is 117 Å². The van der Waals surface area contributed by atoms with Crippen molar-refractivity contribution in [2.45, 2.75) is 129 Å². The summed E-state index contributed by atoms with van der Waals surface area (Å²) < 4.78 is 30.7. The predicted octanol–water partition coefficient (Wildman–Crippen LogP) is 7.49. The largest absolute Gasteiger partial charge is 0.475 e. The minimum absolute atomic E-state index is 0.287. The zero-order chi connectivity index (χ0) is 25.0. The molecule has 3 unspecified atom stereocenters. The Labute approximate surface area is 206 Å². The summed E-state index contributed by atoms with van der Waals surface area (Å²) in [4.78, 5) is 0. The van der Waals surface area contributed by atoms with Crippen LogP contribution in [0.3, 0.4) is 0 Å². The van der Waals surface area contributed by atoms with Crippen molar-refractivity contribution in [1.82, 2.24) is 0 Å². The van der Waals surface area contributed by atoms with E-state index >= 15 is 0 Å². The van der Waals surface area contributed by atoms with Crippen LogP contribution in [0.2, 0.25) is 0 Å². The maximum Gasteiger partial charge on any atom is 0.475 e. The third-order valence-electron chi connectivity index (χ3n) is 5.86. The van der Waals surface area contributed by atoms with Gasteiger partial charge in [0.15, 0.2) is 0 Å². The number of nitrogens with zero attached hydrogens (tertiary/aromatic N) is 1. The summed E-state index contributed by atoms with van der Waals surface area (Å²) in [6.07, 6.45) is 16.9. The molecule has 0 aliphatic rings. The first-order valence-electron chi connectivity index (χ1n) is 13.7. The number of hydrogen-bond donors (Lipinski definition) is 1. The minimum Gasteiger partial charge on any atom is -0.391 e. The number of phosphoric acid groups is 1. The van der Waals surface area contributed by atoms with Crippen LogP contribution in [0.4, 0.5) is 0 Å². The lowest BCUT2D eigenvalue weighted by Crippen LogP contribution is -2.37. The Kier molecular flexibility index (Phi) is 20.3. The third-order valence-corrected chi connectivity index (χ3v) is 7.39. The first-order valence-corrected chi connectivity index (χ1v) is 15.2. The fourth-order valence-electron chi connectivity index (χ4n) is 3.64. The first kappa shape index (κ1) is 33.0. The first-order chi connectivity index (χ1) is 15.6. The number of aliphatic hydroxyl groups excluding tert-OH is 1. The van der Waals surface area contributed by atoms with Crippen LogP contribution >= 0.6 is 7.82 Å². The maximum atomic E-state index is 13.1. The Morgan fingerprint density at radius 3 is 1.61 bits per heavy atom. The number of likely N-dealkylation sites (N-methyl/N-ethyl adjacent to an activating group) is 1. The number of aliphatic hydroxyl groups is 1. The van der Waals surface area contributed by atoms with Crippen LogP contribution in [0, 0.1) is 0 Å². The lowest BCUT2D eigenvalue weighted by molar-refractivity contribution is -0.870. The molecule has 0 amide bonds. The van der Waals surface area contributed by atoms with E-state index in [0.29, 0.717) is 24.1 Å². The molecule has 0 aliphatic carbocycles. The molecule has 0 saturated carbocycles. The average Bonchev–Trinajstić information content (AvgIpc) is 2.73. The Hall–Kier alpha value is 0.0300. The Morgan fingerprint density at radius 2 is 1.18 bits per heavy atom. The molecule has 0 aromatic carbocycles. The molecule has 7 heteroatoms. The van der Waals surface area contributed by atoms with Crippen molar-refractivity contribution in [3.8, 4) is 0 Å². The third kappa shape index (κ3) is 21.1. The van der Waals surface area contributed by atoms with E-state index in [0.717, 1.165) is 19.3 Å². The molecule has 0 spiro atoms. The molecule has 3 atom stereocenters. The zero-order valence-electron chi connectivity index (χ0n) is 22.9. The van der Waals surface area contributed by atoms with Crippen LogP contribution in [0.15, 0.2) is 0 Å². The number of hydrogen-bond acceptors (Lipinski definition) is 5. The number of phosphoric ester groups is 1. The van der Waals surface area contributed by atoms with Crippen molar-refractivity contribution in [2.24, 2.45) is 0 Å². The van der Waals surface area contributed by atoms with Crippen molar-refractivity contribution < 1.29 is 27.7 Å². The van der Waals surface area contributed by atoms with Gasteiger partial charge in [0.25, 0.3) is 0 Å². The van der Waals surface area contributed by atoms with Gasteiger partial charge in [-0.1, -0.05) is 97.3 Å². The summed E-state index contributed by atoms with van der Waals surface area (Å²) in [5.41, 5.74) is 0. The minimum atomic E-state index is -3.69. The van der Waals surface area contributed by atoms with Crippen molar-refractivity contribution >= 4 is 7.82 Å². The van der Waals surface area contributed by atoms with Crippen molar-refractivity contribution in [3.63, 3.8) is 0 Å². The fraction of sp³-hybridized carbons (Fsp3) is 1.00. The summed E-state index contributed by atoms with van der Waals surface area (Å²) in [7, 11) is 2.46. The number of rotatable bonds is 24. The molecule has 0 radical (unpaired) electrons. The van der Waals surface area contributed by atoms with Gasteiger partial charge in [0.2, 0.25) is 0 Å². The molecular formula is C26H57NO5P+. The van der Waals surface area contributed by atoms with Crippen molar-refractivity contribution in [2.75, 3.05) is 40.9 Å². The lowest BCUT2D eigenvalue weighted by atomic mass is 10.0. The van der Waals surface area contributed by atoms with E-state index < -0.39 is 20.0 Å². The van der Waals surface area contributed by atoms with Crippen LogP contribution in [-0.2, 0) is 18.1 Å². The number of quaternary nitrogens is 1. The summed E-state index contributed by atoms with van der Waals surface area (Å²) in [5.74, 6) is 0. The molecular weight excluding hydrogens is 437 g/mol. The van der Waals surface area contributed by atoms with Gasteiger partial charge in [-0.05, 0) is 19.8 Å². The van der Waals surface area contributed by atoms with E-state index in [2.05, 4.69) is 28.1 Å². The Morgan fingerprint density at radius 1 is 0.727 bits per heavy atom. The van der Waals surface area contributed by atoms with Gasteiger partial charge in [-0.25, -0.2) is 4.57 Å². The molecule has 0 bridgehead atoms. The fourth-order valence-corrected chi connectivity index (χ4v) is 5.16. The average molecular weight is 495 g/mol. The molecule has 200 valence electrons. The van der Waals surface area contributed by atoms with E-state index in [-0.39, 0.29) is 6.61 Å². The Bertz CT molecular complexity index is 482. The van der Waals surface area contributed by atoms with E-state index in [1.165, 1.54) is 70.6 Å². The molecule has 6 nitrogen and oxygen atoms in total. The highest BCUT2D eigenvalue weighted by Crippen LogP contribution is 2.51. The standard InChI is InChI=1S/C26H57NO5P/c1-7-9-10-11-12-13-14-15-16-17-18-19-20-21-26(25(3)28)32-33(29,30-23-8-2)31-24-22-27(4,5)6/h25-26,28H,7-24H2,1-6H3/q+1. The van der Waals surface area contributed by atoms with E-state index in [1.807, 2.05) is 6.92 Å². The van der Waals surface area contributed by atoms with Gasteiger partial charge >= 0.3 is 7.82 Å². The van der Waals surface area contributed by atoms with Crippen LogP contribution < -0.4 is 0 Å². The van der Waals surface area contributed by atoms with Gasteiger partial charge in [-0.3, -0.25) is 13.6 Å². The van der Waals surface area contributed by atoms with Crippen molar-refractivity contribution in [3.05, 3.63) is 0 Å². The van der Waals surface area contributed by atoms with E-state index in [1.54, 1.807) is 6.92 Å². The second kappa shape index (κ2) is 20.2. The van der Waals surface area contributed by atoms with Gasteiger partial charge in [0.1, 0.15) is 13.2 Å². The normalized spacial score (nSPS) is 16.0. The molecule has 0 heterocycles. The maximum absolute atomic E-state index is 13.1. The van der Waals surface area contributed by atoms with E-state index in [9.17, 15) is 9.67 Å². The summed E-state index contributed by atoms with van der Waals surface area (Å²) in [6.45, 7) is 7.20. The van der Waals surface area contributed by atoms with Gasteiger partial charge in [0, 0.05) is 0 Å². The highest BCUT2D eigenvalue weighted by molar-refractivity contribution is 7.48. The highest BCUT2D eigenvalue weighted by Gasteiger charge is 2.33. The van der Waals surface area contributed by atoms with Crippen LogP contribution in [0.25, 0.3) is 0 Å². The molecule has 0 aromatic heterocycles. The monoisotopic (exact) mass is 494 g/mol. The summed E-state index contributed by atoms with van der Waals surface area (Å²) >= 11 is 0. The molecule has 1 N–H and O–H groups in total. The second-order valence-corrected chi connectivity index (χ2v) is 12.2. The zero-order valence-corrected chi connectivity index (χ0v) is 23.8. The topological polar surface area (TPSA) is 65.0 Å². The molecule has 33 heavy (non-hydrogen) atoms. The van der Waals surface area contributed by atoms with Crippen LogP contribution in [-0.4, -0.2) is 62.7 Å². The lowest BCUT2D eigenvalue weighted by Gasteiger charge is -2.28. The van der Waals surface area contributed by atoms with Gasteiger partial charge in [-0.15, -0.1) is 0 Å². The van der Waals surface area contributed by atoms with E-state index in [4.69, 9.17) is 13.6 Å². The predicted molar refractivity (Wildman–Crippen MR) is 140 cm³/mol. The van der Waals surface area contributed by atoms with Crippen LogP contribution in [0.5, 0.6) is 0 Å². The highest BCUT2D eigenvalue weighted by atomic mass is 31.2. The van der Waals surface area contributed by atoms with Crippen molar-refractivity contribution in [1.29, 1.82) is 0 Å². The van der Waals surface area contributed by atoms with Gasteiger partial charge in [-0.2, -0.15) is 0 Å². The Balaban J connectivity index is 4.15. The molecule has 0 fully saturated rings. The molecule has 0 rings (SSSR count). The molecule has 0 aliphatic heterocycles. The second-order valence-electron chi connectivity index (χ2n) is 10.5.